The fraction of sp³-hybridized carbons (Fsp3) is 0.571. The van der Waals surface area contributed by atoms with Crippen LogP contribution in [0, 0.1) is 0 Å². The summed E-state index contributed by atoms with van der Waals surface area (Å²) in [6.07, 6.45) is 3.93. The molecular formula is C14H21ClO2Si. The van der Waals surface area contributed by atoms with E-state index in [1.165, 1.54) is 36.9 Å². The summed E-state index contributed by atoms with van der Waals surface area (Å²) in [5.41, 5.74) is 1.95. The van der Waals surface area contributed by atoms with Crippen LogP contribution in [0.4, 0.5) is 0 Å². The number of ether oxygens (including phenoxy) is 1. The van der Waals surface area contributed by atoms with Crippen LogP contribution in [0.15, 0.2) is 24.3 Å². The van der Waals surface area contributed by atoms with Crippen LogP contribution in [0.5, 0.6) is 5.75 Å². The molecule has 1 aromatic rings. The molecule has 1 aliphatic rings. The topological polar surface area (TPSA) is 18.5 Å². The van der Waals surface area contributed by atoms with Gasteiger partial charge in [-0.3, -0.25) is 0 Å². The quantitative estimate of drug-likeness (QED) is 0.598. The van der Waals surface area contributed by atoms with E-state index in [1.807, 2.05) is 12.1 Å². The summed E-state index contributed by atoms with van der Waals surface area (Å²) in [7, 11) is 0.0563. The van der Waals surface area contributed by atoms with Crippen LogP contribution in [-0.4, -0.2) is 20.9 Å². The molecule has 18 heavy (non-hydrogen) atoms. The number of methoxy groups -OCH3 is 1. The van der Waals surface area contributed by atoms with Crippen LogP contribution < -0.4 is 4.74 Å². The molecule has 1 aliphatic heterocycles. The molecule has 1 fully saturated rings. The average molecular weight is 285 g/mol. The molecule has 0 aromatic heterocycles. The normalized spacial score (nSPS) is 18.6. The van der Waals surface area contributed by atoms with E-state index in [2.05, 4.69) is 12.1 Å². The van der Waals surface area contributed by atoms with Crippen LogP contribution in [0.25, 0.3) is 0 Å². The van der Waals surface area contributed by atoms with Crippen molar-refractivity contribution in [2.75, 3.05) is 12.6 Å². The molecule has 2 nitrogen and oxygen atoms in total. The van der Waals surface area contributed by atoms with Crippen molar-refractivity contribution < 1.29 is 9.16 Å². The Morgan fingerprint density at radius 1 is 1.11 bits per heavy atom. The van der Waals surface area contributed by atoms with Crippen molar-refractivity contribution >= 4 is 19.9 Å². The zero-order valence-corrected chi connectivity index (χ0v) is 12.7. The summed E-state index contributed by atoms with van der Waals surface area (Å²) in [5.74, 6) is 0.890. The summed E-state index contributed by atoms with van der Waals surface area (Å²) in [5, 5.41) is 0. The smallest absolute Gasteiger partial charge is 0.207 e. The van der Waals surface area contributed by atoms with E-state index in [4.69, 9.17) is 20.8 Å². The molecule has 0 aliphatic carbocycles. The molecular weight excluding hydrogens is 264 g/mol. The van der Waals surface area contributed by atoms with Crippen molar-refractivity contribution in [2.24, 2.45) is 0 Å². The average Bonchev–Trinajstić information content (AvgIpc) is 2.47. The molecule has 1 heterocycles. The zero-order chi connectivity index (χ0) is 12.8. The van der Waals surface area contributed by atoms with Crippen LogP contribution in [-0.2, 0) is 11.0 Å². The molecule has 4 heteroatoms. The van der Waals surface area contributed by atoms with Gasteiger partial charge >= 0.3 is 0 Å². The van der Waals surface area contributed by atoms with Crippen LogP contribution in [0.1, 0.15) is 24.8 Å². The highest BCUT2D eigenvalue weighted by Gasteiger charge is 2.35. The van der Waals surface area contributed by atoms with Gasteiger partial charge in [0.25, 0.3) is 0 Å². The predicted molar refractivity (Wildman–Crippen MR) is 77.7 cm³/mol. The van der Waals surface area contributed by atoms with E-state index < -0.39 is 8.32 Å². The van der Waals surface area contributed by atoms with Gasteiger partial charge in [0, 0.05) is 5.50 Å². The lowest BCUT2D eigenvalue weighted by Gasteiger charge is -2.33. The molecule has 0 spiro atoms. The Kier molecular flexibility index (Phi) is 5.10. The lowest BCUT2D eigenvalue weighted by molar-refractivity contribution is 0.282. The first-order chi connectivity index (χ1) is 8.78. The van der Waals surface area contributed by atoms with E-state index in [-0.39, 0.29) is 0 Å². The first kappa shape index (κ1) is 13.9. The van der Waals surface area contributed by atoms with Gasteiger partial charge in [-0.05, 0) is 29.8 Å². The number of alkyl halides is 1. The molecule has 0 unspecified atom stereocenters. The highest BCUT2D eigenvalue weighted by atomic mass is 35.5. The SMILES string of the molecule is COc1ccc(CO[Si]2(CCl)CCCCC2)cc1. The van der Waals surface area contributed by atoms with Gasteiger partial charge in [-0.2, -0.15) is 0 Å². The maximum Gasteiger partial charge on any atom is 0.207 e. The molecule has 1 saturated heterocycles. The van der Waals surface area contributed by atoms with Crippen molar-refractivity contribution in [1.29, 1.82) is 0 Å². The Balaban J connectivity index is 1.92. The maximum atomic E-state index is 6.25. The summed E-state index contributed by atoms with van der Waals surface area (Å²) in [6, 6.07) is 10.6. The van der Waals surface area contributed by atoms with Crippen molar-refractivity contribution in [3.8, 4) is 5.75 Å². The van der Waals surface area contributed by atoms with E-state index in [0.717, 1.165) is 11.3 Å². The highest BCUT2D eigenvalue weighted by Crippen LogP contribution is 2.31. The number of halogens is 1. The Labute approximate surface area is 115 Å². The number of hydrogen-bond acceptors (Lipinski definition) is 2. The largest absolute Gasteiger partial charge is 0.497 e. The minimum absolute atomic E-state index is 0.697. The molecule has 100 valence electrons. The Morgan fingerprint density at radius 2 is 1.78 bits per heavy atom. The predicted octanol–water partition coefficient (Wildman–Crippen LogP) is 4.12. The van der Waals surface area contributed by atoms with Gasteiger partial charge in [0.2, 0.25) is 8.32 Å². The molecule has 0 N–H and O–H groups in total. The first-order valence-electron chi connectivity index (χ1n) is 6.61. The standard InChI is InChI=1S/C14H21ClO2Si/c1-16-14-7-5-13(6-8-14)11-17-18(12-15)9-3-2-4-10-18/h5-8H,2-4,9-12H2,1H3. The van der Waals surface area contributed by atoms with Crippen molar-refractivity contribution in [3.05, 3.63) is 29.8 Å². The van der Waals surface area contributed by atoms with Crippen LogP contribution in [0.2, 0.25) is 12.1 Å². The molecule has 0 amide bonds. The van der Waals surface area contributed by atoms with E-state index >= 15 is 0 Å². The minimum atomic E-state index is -1.63. The molecule has 0 atom stereocenters. The second-order valence-corrected chi connectivity index (χ2v) is 9.74. The summed E-state index contributed by atoms with van der Waals surface area (Å²) >= 11 is 6.17. The van der Waals surface area contributed by atoms with Gasteiger partial charge in [0.05, 0.1) is 13.7 Å². The summed E-state index contributed by atoms with van der Waals surface area (Å²) in [6.45, 7) is 0.697. The van der Waals surface area contributed by atoms with E-state index in [0.29, 0.717) is 6.61 Å². The maximum absolute atomic E-state index is 6.25. The van der Waals surface area contributed by atoms with Gasteiger partial charge in [-0.1, -0.05) is 31.4 Å². The van der Waals surface area contributed by atoms with Gasteiger partial charge < -0.3 is 9.16 Å². The van der Waals surface area contributed by atoms with Crippen molar-refractivity contribution in [3.63, 3.8) is 0 Å². The van der Waals surface area contributed by atoms with Crippen LogP contribution >= 0.6 is 11.6 Å². The number of benzene rings is 1. The molecule has 2 rings (SSSR count). The lowest BCUT2D eigenvalue weighted by atomic mass is 10.2. The second-order valence-electron chi connectivity index (χ2n) is 5.01. The Morgan fingerprint density at radius 3 is 2.33 bits per heavy atom. The fourth-order valence-electron chi connectivity index (χ4n) is 2.47. The fourth-order valence-corrected chi connectivity index (χ4v) is 6.65. The molecule has 0 saturated carbocycles. The summed E-state index contributed by atoms with van der Waals surface area (Å²) < 4.78 is 11.4. The monoisotopic (exact) mass is 284 g/mol. The zero-order valence-electron chi connectivity index (χ0n) is 11.0. The summed E-state index contributed by atoms with van der Waals surface area (Å²) in [4.78, 5) is 0. The van der Waals surface area contributed by atoms with Gasteiger partial charge in [0.1, 0.15) is 5.75 Å². The number of rotatable bonds is 5. The van der Waals surface area contributed by atoms with Crippen molar-refractivity contribution in [2.45, 2.75) is 38.0 Å². The van der Waals surface area contributed by atoms with Gasteiger partial charge in [0.15, 0.2) is 0 Å². The van der Waals surface area contributed by atoms with Gasteiger partial charge in [-0.25, -0.2) is 0 Å². The third kappa shape index (κ3) is 3.50. The lowest BCUT2D eigenvalue weighted by Crippen LogP contribution is -2.42. The second kappa shape index (κ2) is 6.59. The van der Waals surface area contributed by atoms with E-state index in [9.17, 15) is 0 Å². The molecule has 0 bridgehead atoms. The number of hydrogen-bond donors (Lipinski definition) is 0. The first-order valence-corrected chi connectivity index (χ1v) is 9.67. The van der Waals surface area contributed by atoms with Gasteiger partial charge in [-0.15, -0.1) is 11.6 Å². The van der Waals surface area contributed by atoms with Crippen molar-refractivity contribution in [1.82, 2.24) is 0 Å². The third-order valence-electron chi connectivity index (χ3n) is 3.71. The Hall–Kier alpha value is -0.513. The molecule has 0 radical (unpaired) electrons. The molecule has 1 aromatic carbocycles. The minimum Gasteiger partial charge on any atom is -0.497 e. The third-order valence-corrected chi connectivity index (χ3v) is 8.95. The Bertz CT molecular complexity index is 361. The highest BCUT2D eigenvalue weighted by molar-refractivity contribution is 6.80. The van der Waals surface area contributed by atoms with Crippen LogP contribution in [0.3, 0.4) is 0 Å². The van der Waals surface area contributed by atoms with E-state index in [1.54, 1.807) is 7.11 Å².